The number of guanidine groups is 1. The number of nitrogens with zero attached hydrogens (tertiary/aromatic N) is 4. The fraction of sp³-hybridized carbons (Fsp3) is 0.812. The van der Waals surface area contributed by atoms with Gasteiger partial charge in [-0.3, -0.25) is 4.99 Å². The zero-order valence-electron chi connectivity index (χ0n) is 14.4. The van der Waals surface area contributed by atoms with E-state index in [4.69, 9.17) is 9.47 Å². The second-order valence-corrected chi connectivity index (χ2v) is 6.40. The molecular weight excluding hydrogens is 308 g/mol. The first-order valence-corrected chi connectivity index (χ1v) is 8.84. The molecule has 3 rings (SSSR count). The van der Waals surface area contributed by atoms with Crippen molar-refractivity contribution in [2.75, 3.05) is 40.0 Å². The van der Waals surface area contributed by atoms with Crippen LogP contribution in [0.3, 0.4) is 0 Å². The third-order valence-corrected chi connectivity index (χ3v) is 4.51. The first-order chi connectivity index (χ1) is 11.8. The van der Waals surface area contributed by atoms with Crippen molar-refractivity contribution in [3.8, 4) is 0 Å². The summed E-state index contributed by atoms with van der Waals surface area (Å²) in [6.07, 6.45) is 5.72. The molecule has 3 heterocycles. The molecule has 1 fully saturated rings. The molecular formula is C16H28N6O2. The molecule has 0 radical (unpaired) electrons. The molecule has 2 unspecified atom stereocenters. The summed E-state index contributed by atoms with van der Waals surface area (Å²) in [5.41, 5.74) is 0. The van der Waals surface area contributed by atoms with Crippen LogP contribution in [-0.4, -0.2) is 66.8 Å². The monoisotopic (exact) mass is 336 g/mol. The van der Waals surface area contributed by atoms with E-state index in [9.17, 15) is 0 Å². The Morgan fingerprint density at radius 3 is 3.29 bits per heavy atom. The maximum absolute atomic E-state index is 5.71. The highest BCUT2D eigenvalue weighted by atomic mass is 16.5. The van der Waals surface area contributed by atoms with Crippen molar-refractivity contribution < 1.29 is 9.47 Å². The average Bonchev–Trinajstić information content (AvgIpc) is 3.27. The van der Waals surface area contributed by atoms with Gasteiger partial charge in [-0.2, -0.15) is 5.10 Å². The van der Waals surface area contributed by atoms with Crippen molar-refractivity contribution >= 4 is 5.96 Å². The number of aryl methyl sites for hydroxylation is 1. The molecule has 8 heteroatoms. The lowest BCUT2D eigenvalue weighted by Gasteiger charge is -2.25. The predicted octanol–water partition coefficient (Wildman–Crippen LogP) is 0.201. The summed E-state index contributed by atoms with van der Waals surface area (Å²) in [5.74, 6) is 2.49. The smallest absolute Gasteiger partial charge is 0.191 e. The number of ether oxygens (including phenoxy) is 2. The van der Waals surface area contributed by atoms with Crippen LogP contribution in [-0.2, 0) is 22.4 Å². The largest absolute Gasteiger partial charge is 0.381 e. The minimum absolute atomic E-state index is 0.337. The Balaban J connectivity index is 1.28. The van der Waals surface area contributed by atoms with E-state index >= 15 is 0 Å². The van der Waals surface area contributed by atoms with Crippen molar-refractivity contribution in [3.05, 3.63) is 12.2 Å². The van der Waals surface area contributed by atoms with Crippen LogP contribution in [0, 0.1) is 5.92 Å². The molecule has 134 valence electrons. The maximum atomic E-state index is 5.71. The van der Waals surface area contributed by atoms with Gasteiger partial charge in [0.25, 0.3) is 0 Å². The summed E-state index contributed by atoms with van der Waals surface area (Å²) >= 11 is 0. The lowest BCUT2D eigenvalue weighted by atomic mass is 10.1. The van der Waals surface area contributed by atoms with Gasteiger partial charge in [-0.15, -0.1) is 0 Å². The zero-order valence-corrected chi connectivity index (χ0v) is 14.4. The van der Waals surface area contributed by atoms with Gasteiger partial charge in [0.1, 0.15) is 12.2 Å². The summed E-state index contributed by atoms with van der Waals surface area (Å²) in [6.45, 7) is 5.00. The molecule has 2 aliphatic heterocycles. The van der Waals surface area contributed by atoms with Gasteiger partial charge in [0.15, 0.2) is 5.96 Å². The first kappa shape index (κ1) is 17.2. The molecule has 0 amide bonds. The number of hydrogen-bond acceptors (Lipinski definition) is 5. The molecule has 24 heavy (non-hydrogen) atoms. The van der Waals surface area contributed by atoms with E-state index < -0.39 is 0 Å². The number of rotatable bonds is 7. The highest BCUT2D eigenvalue weighted by molar-refractivity contribution is 5.79. The van der Waals surface area contributed by atoms with Gasteiger partial charge >= 0.3 is 0 Å². The molecule has 2 atom stereocenters. The topological polar surface area (TPSA) is 85.6 Å². The third kappa shape index (κ3) is 4.91. The van der Waals surface area contributed by atoms with E-state index in [1.807, 2.05) is 4.68 Å². The number of aromatic nitrogens is 3. The first-order valence-electron chi connectivity index (χ1n) is 8.84. The molecule has 8 nitrogen and oxygen atoms in total. The van der Waals surface area contributed by atoms with Gasteiger partial charge in [0.05, 0.1) is 19.8 Å². The lowest BCUT2D eigenvalue weighted by molar-refractivity contribution is 0.0888. The van der Waals surface area contributed by atoms with Gasteiger partial charge in [-0.05, 0) is 19.3 Å². The average molecular weight is 336 g/mol. The van der Waals surface area contributed by atoms with Gasteiger partial charge in [0.2, 0.25) is 0 Å². The van der Waals surface area contributed by atoms with Gasteiger partial charge in [-0.1, -0.05) is 0 Å². The molecule has 0 aliphatic carbocycles. The normalized spacial score (nSPS) is 24.0. The summed E-state index contributed by atoms with van der Waals surface area (Å²) in [4.78, 5) is 8.55. The minimum Gasteiger partial charge on any atom is -0.381 e. The zero-order chi connectivity index (χ0) is 16.6. The van der Waals surface area contributed by atoms with Crippen LogP contribution in [0.5, 0.6) is 0 Å². The Labute approximate surface area is 143 Å². The van der Waals surface area contributed by atoms with E-state index in [1.54, 1.807) is 13.4 Å². The highest BCUT2D eigenvalue weighted by Gasteiger charge is 2.20. The van der Waals surface area contributed by atoms with E-state index in [-0.39, 0.29) is 0 Å². The standard InChI is InChI=1S/C16H28N6O2/c1-17-16(18-6-2-7-23-10-13-5-8-24-11-13)21-14-3-4-15-19-12-20-22(15)9-14/h12-14H,2-11H2,1H3,(H2,17,18,21). The van der Waals surface area contributed by atoms with Gasteiger partial charge < -0.3 is 20.1 Å². The van der Waals surface area contributed by atoms with Crippen LogP contribution >= 0.6 is 0 Å². The van der Waals surface area contributed by atoms with Crippen LogP contribution < -0.4 is 10.6 Å². The Bertz CT molecular complexity index is 526. The van der Waals surface area contributed by atoms with Crippen molar-refractivity contribution in [2.24, 2.45) is 10.9 Å². The van der Waals surface area contributed by atoms with E-state index in [0.717, 1.165) is 77.0 Å². The number of aliphatic imine (C=N–C) groups is 1. The van der Waals surface area contributed by atoms with Gasteiger partial charge in [-0.25, -0.2) is 9.67 Å². The van der Waals surface area contributed by atoms with Gasteiger partial charge in [0, 0.05) is 45.2 Å². The van der Waals surface area contributed by atoms with E-state index in [2.05, 4.69) is 25.7 Å². The molecule has 0 saturated carbocycles. The molecule has 2 N–H and O–H groups in total. The lowest BCUT2D eigenvalue weighted by Crippen LogP contribution is -2.47. The maximum Gasteiger partial charge on any atom is 0.191 e. The summed E-state index contributed by atoms with van der Waals surface area (Å²) in [5, 5.41) is 11.1. The molecule has 0 spiro atoms. The van der Waals surface area contributed by atoms with Crippen LogP contribution in [0.15, 0.2) is 11.3 Å². The van der Waals surface area contributed by atoms with Crippen LogP contribution in [0.1, 0.15) is 25.1 Å². The fourth-order valence-electron chi connectivity index (χ4n) is 3.09. The quantitative estimate of drug-likeness (QED) is 0.420. The third-order valence-electron chi connectivity index (χ3n) is 4.51. The summed E-state index contributed by atoms with van der Waals surface area (Å²) < 4.78 is 13.0. The Kier molecular flexibility index (Phi) is 6.42. The summed E-state index contributed by atoms with van der Waals surface area (Å²) in [7, 11) is 1.80. The Morgan fingerprint density at radius 1 is 1.50 bits per heavy atom. The molecule has 1 aromatic rings. The number of hydrogen-bond donors (Lipinski definition) is 2. The van der Waals surface area contributed by atoms with Crippen LogP contribution in [0.25, 0.3) is 0 Å². The van der Waals surface area contributed by atoms with Crippen LogP contribution in [0.2, 0.25) is 0 Å². The predicted molar refractivity (Wildman–Crippen MR) is 91.0 cm³/mol. The SMILES string of the molecule is CN=C(NCCCOCC1CCOC1)NC1CCc2ncnn2C1. The minimum atomic E-state index is 0.337. The second-order valence-electron chi connectivity index (χ2n) is 6.40. The molecule has 1 aromatic heterocycles. The van der Waals surface area contributed by atoms with E-state index in [0.29, 0.717) is 12.0 Å². The Morgan fingerprint density at radius 2 is 2.46 bits per heavy atom. The number of nitrogens with one attached hydrogen (secondary N) is 2. The van der Waals surface area contributed by atoms with Crippen molar-refractivity contribution in [1.82, 2.24) is 25.4 Å². The molecule has 1 saturated heterocycles. The highest BCUT2D eigenvalue weighted by Crippen LogP contribution is 2.12. The molecule has 2 aliphatic rings. The van der Waals surface area contributed by atoms with E-state index in [1.165, 1.54) is 0 Å². The molecule has 0 aromatic carbocycles. The second kappa shape index (κ2) is 8.98. The van der Waals surface area contributed by atoms with Crippen molar-refractivity contribution in [2.45, 2.75) is 38.3 Å². The van der Waals surface area contributed by atoms with Crippen LogP contribution in [0.4, 0.5) is 0 Å². The Hall–Kier alpha value is -1.67. The molecule has 0 bridgehead atoms. The fourth-order valence-corrected chi connectivity index (χ4v) is 3.09. The summed E-state index contributed by atoms with van der Waals surface area (Å²) in [6, 6.07) is 0.337. The van der Waals surface area contributed by atoms with Crippen molar-refractivity contribution in [1.29, 1.82) is 0 Å². The van der Waals surface area contributed by atoms with Crippen molar-refractivity contribution in [3.63, 3.8) is 0 Å². The number of fused-ring (bicyclic) bond motifs is 1.